The van der Waals surface area contributed by atoms with Crippen LogP contribution in [0.5, 0.6) is 0 Å². The van der Waals surface area contributed by atoms with Crippen LogP contribution in [0.4, 0.5) is 4.79 Å². The molecule has 2 N–H and O–H groups in total. The Morgan fingerprint density at radius 3 is 2.62 bits per heavy atom. The molecule has 1 aromatic carbocycles. The van der Waals surface area contributed by atoms with Gasteiger partial charge < -0.3 is 20.3 Å². The van der Waals surface area contributed by atoms with Gasteiger partial charge in [-0.05, 0) is 31.2 Å². The zero-order valence-corrected chi connectivity index (χ0v) is 13.9. The normalized spacial score (nSPS) is 20.0. The van der Waals surface area contributed by atoms with Gasteiger partial charge in [-0.1, -0.05) is 30.3 Å². The van der Waals surface area contributed by atoms with Crippen molar-refractivity contribution in [1.82, 2.24) is 9.80 Å². The average molecular weight is 331 g/mol. The third-order valence-electron chi connectivity index (χ3n) is 4.71. The number of carbonyl (C=O) groups excluding carboxylic acids is 2. The summed E-state index contributed by atoms with van der Waals surface area (Å²) in [5.41, 5.74) is 6.49. The summed E-state index contributed by atoms with van der Waals surface area (Å²) in [7, 11) is 0. The second kappa shape index (κ2) is 7.66. The number of ether oxygens (including phenoxy) is 1. The molecular formula is C18H25N3O3. The van der Waals surface area contributed by atoms with Gasteiger partial charge in [0.15, 0.2) is 0 Å². The average Bonchev–Trinajstić information content (AvgIpc) is 3.35. The first kappa shape index (κ1) is 16.8. The summed E-state index contributed by atoms with van der Waals surface area (Å²) in [6.45, 7) is 1.56. The predicted octanol–water partition coefficient (Wildman–Crippen LogP) is 1.74. The van der Waals surface area contributed by atoms with Crippen molar-refractivity contribution >= 4 is 12.0 Å². The Morgan fingerprint density at radius 2 is 1.96 bits per heavy atom. The topological polar surface area (TPSA) is 75.9 Å². The van der Waals surface area contributed by atoms with Crippen LogP contribution in [0.25, 0.3) is 0 Å². The number of nitrogens with two attached hydrogens (primary N) is 1. The lowest BCUT2D eigenvalue weighted by molar-refractivity contribution is -0.131. The van der Waals surface area contributed by atoms with Crippen LogP contribution in [0.2, 0.25) is 0 Å². The molecule has 6 nitrogen and oxygen atoms in total. The van der Waals surface area contributed by atoms with E-state index in [4.69, 9.17) is 10.5 Å². The molecule has 1 heterocycles. The molecule has 2 fully saturated rings. The van der Waals surface area contributed by atoms with E-state index in [1.165, 1.54) is 0 Å². The smallest absolute Gasteiger partial charge is 0.410 e. The summed E-state index contributed by atoms with van der Waals surface area (Å²) in [5, 5.41) is 0. The van der Waals surface area contributed by atoms with Gasteiger partial charge in [-0.15, -0.1) is 0 Å². The molecule has 1 aromatic rings. The van der Waals surface area contributed by atoms with Crippen molar-refractivity contribution in [1.29, 1.82) is 0 Å². The van der Waals surface area contributed by atoms with Crippen LogP contribution in [0, 0.1) is 0 Å². The van der Waals surface area contributed by atoms with E-state index in [-0.39, 0.29) is 31.2 Å². The summed E-state index contributed by atoms with van der Waals surface area (Å²) in [6, 6.07) is 9.99. The summed E-state index contributed by atoms with van der Waals surface area (Å²) >= 11 is 0. The Labute approximate surface area is 142 Å². The highest BCUT2D eigenvalue weighted by Gasteiger charge is 2.37. The van der Waals surface area contributed by atoms with Crippen LogP contribution in [0.1, 0.15) is 31.2 Å². The Morgan fingerprint density at radius 1 is 1.21 bits per heavy atom. The minimum atomic E-state index is -0.294. The number of benzene rings is 1. The van der Waals surface area contributed by atoms with Gasteiger partial charge in [0.25, 0.3) is 0 Å². The van der Waals surface area contributed by atoms with Gasteiger partial charge in [-0.2, -0.15) is 0 Å². The fraction of sp³-hybridized carbons (Fsp3) is 0.556. The first-order chi connectivity index (χ1) is 11.7. The molecule has 1 saturated heterocycles. The number of rotatable bonds is 6. The molecule has 1 saturated carbocycles. The number of amides is 2. The number of likely N-dealkylation sites (tertiary alicyclic amines) is 1. The Bertz CT molecular complexity index is 574. The van der Waals surface area contributed by atoms with Gasteiger partial charge >= 0.3 is 6.09 Å². The van der Waals surface area contributed by atoms with Crippen molar-refractivity contribution in [2.45, 2.75) is 44.4 Å². The Balaban J connectivity index is 1.56. The molecule has 0 spiro atoms. The van der Waals surface area contributed by atoms with E-state index in [0.717, 1.165) is 31.2 Å². The highest BCUT2D eigenvalue weighted by molar-refractivity contribution is 5.79. The van der Waals surface area contributed by atoms with Crippen LogP contribution in [-0.4, -0.2) is 53.5 Å². The van der Waals surface area contributed by atoms with Crippen molar-refractivity contribution in [3.63, 3.8) is 0 Å². The van der Waals surface area contributed by atoms with Gasteiger partial charge in [-0.3, -0.25) is 4.79 Å². The Kier molecular flexibility index (Phi) is 5.35. The van der Waals surface area contributed by atoms with E-state index in [0.29, 0.717) is 19.1 Å². The molecule has 1 aliphatic carbocycles. The van der Waals surface area contributed by atoms with Gasteiger partial charge in [0.2, 0.25) is 5.91 Å². The van der Waals surface area contributed by atoms with Gasteiger partial charge in [0, 0.05) is 19.1 Å². The fourth-order valence-electron chi connectivity index (χ4n) is 3.25. The molecule has 24 heavy (non-hydrogen) atoms. The third kappa shape index (κ3) is 4.06. The molecule has 130 valence electrons. The number of hydrogen-bond acceptors (Lipinski definition) is 4. The minimum absolute atomic E-state index is 0.0259. The molecule has 1 atom stereocenters. The van der Waals surface area contributed by atoms with E-state index in [2.05, 4.69) is 0 Å². The van der Waals surface area contributed by atoms with Gasteiger partial charge in [-0.25, -0.2) is 4.79 Å². The maximum absolute atomic E-state index is 12.4. The third-order valence-corrected chi connectivity index (χ3v) is 4.71. The van der Waals surface area contributed by atoms with Crippen molar-refractivity contribution in [2.24, 2.45) is 5.73 Å². The SMILES string of the molecule is NCC(=O)N(C[C@H]1CCCN1C(=O)OCc1ccccc1)C1CC1. The lowest BCUT2D eigenvalue weighted by atomic mass is 10.2. The predicted molar refractivity (Wildman–Crippen MR) is 90.1 cm³/mol. The first-order valence-electron chi connectivity index (χ1n) is 8.66. The maximum Gasteiger partial charge on any atom is 0.410 e. The van der Waals surface area contributed by atoms with E-state index in [1.54, 1.807) is 4.90 Å². The van der Waals surface area contributed by atoms with Crippen molar-refractivity contribution in [3.8, 4) is 0 Å². The highest BCUT2D eigenvalue weighted by Crippen LogP contribution is 2.29. The Hall–Kier alpha value is -2.08. The van der Waals surface area contributed by atoms with Crippen molar-refractivity contribution < 1.29 is 14.3 Å². The molecule has 2 aliphatic rings. The van der Waals surface area contributed by atoms with E-state index >= 15 is 0 Å². The molecule has 0 aromatic heterocycles. The molecule has 0 radical (unpaired) electrons. The highest BCUT2D eigenvalue weighted by atomic mass is 16.6. The maximum atomic E-state index is 12.4. The van der Waals surface area contributed by atoms with Crippen LogP contribution >= 0.6 is 0 Å². The largest absolute Gasteiger partial charge is 0.445 e. The van der Waals surface area contributed by atoms with Crippen molar-refractivity contribution in [3.05, 3.63) is 35.9 Å². The quantitative estimate of drug-likeness (QED) is 0.861. The van der Waals surface area contributed by atoms with Crippen LogP contribution < -0.4 is 5.73 Å². The van der Waals surface area contributed by atoms with E-state index < -0.39 is 0 Å². The van der Waals surface area contributed by atoms with Gasteiger partial charge in [0.1, 0.15) is 6.61 Å². The summed E-state index contributed by atoms with van der Waals surface area (Å²) in [5.74, 6) is -0.0259. The first-order valence-corrected chi connectivity index (χ1v) is 8.66. The van der Waals surface area contributed by atoms with E-state index in [1.807, 2.05) is 35.2 Å². The van der Waals surface area contributed by atoms with Crippen molar-refractivity contribution in [2.75, 3.05) is 19.6 Å². The molecule has 0 unspecified atom stereocenters. The zero-order valence-electron chi connectivity index (χ0n) is 13.9. The summed E-state index contributed by atoms with van der Waals surface area (Å²) in [4.78, 5) is 28.1. The zero-order chi connectivity index (χ0) is 16.9. The lowest BCUT2D eigenvalue weighted by Crippen LogP contribution is -2.47. The molecule has 1 aliphatic heterocycles. The molecule has 6 heteroatoms. The molecule has 2 amide bonds. The van der Waals surface area contributed by atoms with Crippen LogP contribution in [0.3, 0.4) is 0 Å². The lowest BCUT2D eigenvalue weighted by Gasteiger charge is -2.30. The molecule has 0 bridgehead atoms. The second-order valence-electron chi connectivity index (χ2n) is 6.51. The number of nitrogens with zero attached hydrogens (tertiary/aromatic N) is 2. The monoisotopic (exact) mass is 331 g/mol. The van der Waals surface area contributed by atoms with Crippen LogP contribution in [0.15, 0.2) is 30.3 Å². The summed E-state index contributed by atoms with van der Waals surface area (Å²) < 4.78 is 5.45. The standard InChI is InChI=1S/C18H25N3O3/c19-11-17(22)21(15-8-9-15)12-16-7-4-10-20(16)18(23)24-13-14-5-2-1-3-6-14/h1-3,5-6,15-16H,4,7-13,19H2/t16-/m1/s1. The number of hydrogen-bond donors (Lipinski definition) is 1. The molecule has 3 rings (SSSR count). The van der Waals surface area contributed by atoms with Gasteiger partial charge in [0.05, 0.1) is 12.6 Å². The minimum Gasteiger partial charge on any atom is -0.445 e. The van der Waals surface area contributed by atoms with E-state index in [9.17, 15) is 9.59 Å². The van der Waals surface area contributed by atoms with Crippen LogP contribution in [-0.2, 0) is 16.1 Å². The second-order valence-corrected chi connectivity index (χ2v) is 6.51. The number of carbonyl (C=O) groups is 2. The summed E-state index contributed by atoms with van der Waals surface area (Å²) in [6.07, 6.45) is 3.63. The molecular weight excluding hydrogens is 306 g/mol. The fourth-order valence-corrected chi connectivity index (χ4v) is 3.25.